The molecule has 2 aromatic heterocycles. The monoisotopic (exact) mass is 601 g/mol. The molecule has 0 radical (unpaired) electrons. The highest BCUT2D eigenvalue weighted by atomic mass is 35.5. The third-order valence-corrected chi connectivity index (χ3v) is 8.63. The Kier molecular flexibility index (Phi) is 7.30. The van der Waals surface area contributed by atoms with Gasteiger partial charge in [-0.15, -0.1) is 0 Å². The predicted molar refractivity (Wildman–Crippen MR) is 154 cm³/mol. The van der Waals surface area contributed by atoms with Gasteiger partial charge in [0.05, 0.1) is 47.3 Å². The number of nitriles is 1. The van der Waals surface area contributed by atoms with Gasteiger partial charge in [0.15, 0.2) is 0 Å². The minimum Gasteiger partial charge on any atom is -0.393 e. The molecule has 11 heteroatoms. The molecule has 2 aliphatic rings. The number of pyridine rings is 1. The zero-order valence-corrected chi connectivity index (χ0v) is 24.3. The Labute approximate surface area is 252 Å². The van der Waals surface area contributed by atoms with Crippen LogP contribution in [0.4, 0.5) is 4.39 Å². The SMILES string of the molecule is CCC(O)(c1cc(F)c2c(c1)C(=O)N(Cc1ccc(C#N)cn1)[C@@]2(OC1CC(O)C1)c1ccc(Cl)cc1)c1cnn(C)c1. The van der Waals surface area contributed by atoms with Crippen LogP contribution in [0.25, 0.3) is 0 Å². The Hall–Kier alpha value is -4.14. The lowest BCUT2D eigenvalue weighted by molar-refractivity contribution is -0.191. The molecule has 4 aromatic rings. The summed E-state index contributed by atoms with van der Waals surface area (Å²) >= 11 is 6.23. The number of aliphatic hydroxyl groups is 2. The van der Waals surface area contributed by atoms with Crippen LogP contribution in [0.3, 0.4) is 0 Å². The first kappa shape index (κ1) is 29.0. The fourth-order valence-corrected chi connectivity index (χ4v) is 6.09. The van der Waals surface area contributed by atoms with E-state index in [1.807, 2.05) is 6.07 Å². The van der Waals surface area contributed by atoms with E-state index in [1.54, 1.807) is 61.2 Å². The number of halogens is 2. The number of rotatable bonds is 8. The first-order valence-corrected chi connectivity index (χ1v) is 14.3. The molecule has 0 spiro atoms. The number of aromatic nitrogens is 3. The molecule has 1 amide bonds. The van der Waals surface area contributed by atoms with E-state index >= 15 is 4.39 Å². The van der Waals surface area contributed by atoms with Crippen LogP contribution in [0.2, 0.25) is 5.02 Å². The van der Waals surface area contributed by atoms with Gasteiger partial charge < -0.3 is 14.9 Å². The molecular formula is C32H29ClFN5O4. The van der Waals surface area contributed by atoms with Crippen molar-refractivity contribution >= 4 is 17.5 Å². The van der Waals surface area contributed by atoms with Gasteiger partial charge >= 0.3 is 0 Å². The normalized spacial score (nSPS) is 22.5. The van der Waals surface area contributed by atoms with Crippen molar-refractivity contribution in [2.45, 2.75) is 56.3 Å². The highest BCUT2D eigenvalue weighted by Crippen LogP contribution is 2.51. The molecule has 220 valence electrons. The summed E-state index contributed by atoms with van der Waals surface area (Å²) in [6.07, 6.45) is 4.37. The van der Waals surface area contributed by atoms with Crippen LogP contribution >= 0.6 is 11.6 Å². The first-order valence-electron chi connectivity index (χ1n) is 13.9. The van der Waals surface area contributed by atoms with Gasteiger partial charge in [-0.3, -0.25) is 19.4 Å². The zero-order chi connectivity index (χ0) is 30.5. The largest absolute Gasteiger partial charge is 0.393 e. The van der Waals surface area contributed by atoms with Crippen LogP contribution in [0.5, 0.6) is 0 Å². The fraction of sp³-hybridized carbons (Fsp3) is 0.312. The molecule has 1 unspecified atom stereocenters. The van der Waals surface area contributed by atoms with Gasteiger partial charge in [-0.1, -0.05) is 30.7 Å². The van der Waals surface area contributed by atoms with Crippen molar-refractivity contribution in [1.82, 2.24) is 19.7 Å². The summed E-state index contributed by atoms with van der Waals surface area (Å²) in [6, 6.07) is 14.7. The second-order valence-electron chi connectivity index (χ2n) is 11.1. The Morgan fingerprint density at radius 2 is 1.93 bits per heavy atom. The van der Waals surface area contributed by atoms with Gasteiger partial charge in [-0.25, -0.2) is 4.39 Å². The summed E-state index contributed by atoms with van der Waals surface area (Å²) in [5, 5.41) is 35.7. The smallest absolute Gasteiger partial charge is 0.257 e. The zero-order valence-electron chi connectivity index (χ0n) is 23.5. The minimum absolute atomic E-state index is 0.00301. The average molecular weight is 602 g/mol. The van der Waals surface area contributed by atoms with Crippen LogP contribution in [0.15, 0.2) is 67.1 Å². The molecule has 1 saturated carbocycles. The predicted octanol–water partition coefficient (Wildman–Crippen LogP) is 4.52. The van der Waals surface area contributed by atoms with Crippen molar-refractivity contribution in [3.63, 3.8) is 0 Å². The van der Waals surface area contributed by atoms with Crippen molar-refractivity contribution in [2.24, 2.45) is 7.05 Å². The molecule has 1 aliphatic carbocycles. The molecule has 9 nitrogen and oxygen atoms in total. The van der Waals surface area contributed by atoms with E-state index in [9.17, 15) is 20.3 Å². The second kappa shape index (κ2) is 10.8. The van der Waals surface area contributed by atoms with Gasteiger partial charge in [0.25, 0.3) is 5.91 Å². The average Bonchev–Trinajstić information content (AvgIpc) is 3.53. The molecule has 1 aliphatic heterocycles. The lowest BCUT2D eigenvalue weighted by Gasteiger charge is -2.45. The van der Waals surface area contributed by atoms with Crippen molar-refractivity contribution < 1.29 is 24.1 Å². The van der Waals surface area contributed by atoms with Gasteiger partial charge in [-0.05, 0) is 61.2 Å². The Bertz CT molecular complexity index is 1730. The Morgan fingerprint density at radius 1 is 1.19 bits per heavy atom. The minimum atomic E-state index is -1.74. The summed E-state index contributed by atoms with van der Waals surface area (Å²) in [5.41, 5.74) is -1.38. The summed E-state index contributed by atoms with van der Waals surface area (Å²) in [4.78, 5) is 20.2. The van der Waals surface area contributed by atoms with Crippen LogP contribution in [-0.4, -0.2) is 48.0 Å². The fourth-order valence-electron chi connectivity index (χ4n) is 5.96. The number of fused-ring (bicyclic) bond motifs is 1. The number of nitrogens with zero attached hydrogens (tertiary/aromatic N) is 5. The summed E-state index contributed by atoms with van der Waals surface area (Å²) in [5.74, 6) is -1.26. The number of carbonyl (C=O) groups is 1. The van der Waals surface area contributed by atoms with E-state index in [1.165, 1.54) is 29.4 Å². The van der Waals surface area contributed by atoms with E-state index in [0.717, 1.165) is 0 Å². The topological polar surface area (TPSA) is 124 Å². The maximum atomic E-state index is 16.7. The number of ether oxygens (including phenoxy) is 1. The number of aryl methyl sites for hydroxylation is 1. The maximum Gasteiger partial charge on any atom is 0.257 e. The number of benzene rings is 2. The van der Waals surface area contributed by atoms with E-state index in [0.29, 0.717) is 40.2 Å². The van der Waals surface area contributed by atoms with E-state index in [2.05, 4.69) is 10.1 Å². The standard InChI is InChI=1S/C32H29ClFN5O4/c1-3-31(42,22-16-37-38(2)17-22)21-10-27-29(28(34)11-21)32(43-26-12-25(40)13-26,20-5-7-23(33)8-6-20)39(30(27)41)18-24-9-4-19(14-35)15-36-24/h4-11,15-17,25-26,40,42H,3,12-13,18H2,1-2H3/t25?,26?,31?,32-/m1/s1. The van der Waals surface area contributed by atoms with Crippen molar-refractivity contribution in [3.05, 3.63) is 117 Å². The quantitative estimate of drug-likeness (QED) is 0.304. The van der Waals surface area contributed by atoms with E-state index in [4.69, 9.17) is 16.3 Å². The number of carbonyl (C=O) groups excluding carboxylic acids is 1. The van der Waals surface area contributed by atoms with Gasteiger partial charge in [0, 0.05) is 35.6 Å². The van der Waals surface area contributed by atoms with E-state index in [-0.39, 0.29) is 29.7 Å². The molecular weight excluding hydrogens is 573 g/mol. The third kappa shape index (κ3) is 4.79. The second-order valence-corrected chi connectivity index (χ2v) is 11.5. The van der Waals surface area contributed by atoms with Crippen LogP contribution in [-0.2, 0) is 29.7 Å². The molecule has 1 fully saturated rings. The third-order valence-electron chi connectivity index (χ3n) is 8.37. The summed E-state index contributed by atoms with van der Waals surface area (Å²) < 4.78 is 24.9. The first-order chi connectivity index (χ1) is 20.6. The van der Waals surface area contributed by atoms with E-state index < -0.39 is 35.3 Å². The van der Waals surface area contributed by atoms with Crippen molar-refractivity contribution in [3.8, 4) is 6.07 Å². The lowest BCUT2D eigenvalue weighted by atomic mass is 9.82. The highest BCUT2D eigenvalue weighted by Gasteiger charge is 2.56. The molecule has 0 bridgehead atoms. The number of hydrogen-bond acceptors (Lipinski definition) is 7. The Morgan fingerprint density at radius 3 is 2.51 bits per heavy atom. The number of hydrogen-bond donors (Lipinski definition) is 2. The molecule has 2 atom stereocenters. The molecule has 2 N–H and O–H groups in total. The summed E-state index contributed by atoms with van der Waals surface area (Å²) in [6.45, 7) is 1.69. The number of aliphatic hydroxyl groups excluding tert-OH is 1. The van der Waals surface area contributed by atoms with Crippen LogP contribution in [0, 0.1) is 17.1 Å². The molecule has 3 heterocycles. The van der Waals surface area contributed by atoms with Crippen molar-refractivity contribution in [2.75, 3.05) is 0 Å². The maximum absolute atomic E-state index is 16.7. The van der Waals surface area contributed by atoms with Crippen LogP contribution < -0.4 is 0 Å². The van der Waals surface area contributed by atoms with Gasteiger partial charge in [0.1, 0.15) is 17.5 Å². The Balaban J connectivity index is 1.57. The molecule has 0 saturated heterocycles. The van der Waals surface area contributed by atoms with Gasteiger partial charge in [-0.2, -0.15) is 10.4 Å². The summed E-state index contributed by atoms with van der Waals surface area (Å²) in [7, 11) is 1.72. The molecule has 2 aromatic carbocycles. The highest BCUT2D eigenvalue weighted by molar-refractivity contribution is 6.30. The van der Waals surface area contributed by atoms with Crippen molar-refractivity contribution in [1.29, 1.82) is 5.26 Å². The van der Waals surface area contributed by atoms with Gasteiger partial charge in [0.2, 0.25) is 5.72 Å². The molecule has 6 rings (SSSR count). The van der Waals surface area contributed by atoms with Crippen LogP contribution in [0.1, 0.15) is 70.1 Å². The number of amides is 1. The lowest BCUT2D eigenvalue weighted by Crippen LogP contribution is -2.51. The molecule has 43 heavy (non-hydrogen) atoms.